The third-order valence-corrected chi connectivity index (χ3v) is 6.92. The van der Waals surface area contributed by atoms with Crippen molar-refractivity contribution in [3.8, 4) is 0 Å². The van der Waals surface area contributed by atoms with Gasteiger partial charge in [-0.25, -0.2) is 0 Å². The summed E-state index contributed by atoms with van der Waals surface area (Å²) in [5, 5.41) is 0. The van der Waals surface area contributed by atoms with E-state index in [1.807, 2.05) is 0 Å². The summed E-state index contributed by atoms with van der Waals surface area (Å²) in [7, 11) is 0. The molecule has 56 valence electrons. The van der Waals surface area contributed by atoms with Crippen LogP contribution in [0.2, 0.25) is 0 Å². The van der Waals surface area contributed by atoms with E-state index >= 15 is 0 Å². The van der Waals surface area contributed by atoms with E-state index in [1.54, 1.807) is 0 Å². The first kappa shape index (κ1) is 5.00. The first-order valence-corrected chi connectivity index (χ1v) is 5.30. The second kappa shape index (κ2) is 0.935. The van der Waals surface area contributed by atoms with Gasteiger partial charge in [0.15, 0.2) is 5.78 Å². The van der Waals surface area contributed by atoms with Gasteiger partial charge in [0.2, 0.25) is 0 Å². The van der Waals surface area contributed by atoms with Gasteiger partial charge in [0.25, 0.3) is 0 Å². The summed E-state index contributed by atoms with van der Waals surface area (Å²) >= 11 is 3.71. The Morgan fingerprint density at radius 1 is 1.09 bits per heavy atom. The minimum atomic E-state index is 0.0480. The van der Waals surface area contributed by atoms with Crippen LogP contribution in [-0.4, -0.2) is 10.1 Å². The summed E-state index contributed by atoms with van der Waals surface area (Å²) in [6, 6.07) is 0. The Kier molecular flexibility index (Phi) is 0.425. The quantitative estimate of drug-likeness (QED) is 0.548. The Hall–Kier alpha value is 0.150. The smallest absolute Gasteiger partial charge is 0.153 e. The number of hydrogen-bond donors (Lipinski definition) is 0. The van der Waals surface area contributed by atoms with Crippen molar-refractivity contribution < 1.29 is 4.79 Å². The van der Waals surface area contributed by atoms with Gasteiger partial charge in [0.05, 0.1) is 4.32 Å². The van der Waals surface area contributed by atoms with E-state index in [9.17, 15) is 4.79 Å². The number of carbonyl (C=O) groups excluding carboxylic acids is 1. The van der Waals surface area contributed by atoms with E-state index in [1.165, 1.54) is 0 Å². The Bertz CT molecular complexity index is 316. The lowest BCUT2D eigenvalue weighted by molar-refractivity contribution is -0.367. The van der Waals surface area contributed by atoms with Gasteiger partial charge in [-0.2, -0.15) is 0 Å². The molecule has 2 heteroatoms. The highest BCUT2D eigenvalue weighted by molar-refractivity contribution is 9.10. The van der Waals surface area contributed by atoms with Gasteiger partial charge in [-0.05, 0) is 35.5 Å². The lowest BCUT2D eigenvalue weighted by Crippen LogP contribution is -2.85. The molecule has 0 N–H and O–H groups in total. The van der Waals surface area contributed by atoms with Gasteiger partial charge in [-0.15, -0.1) is 0 Å². The monoisotopic (exact) mass is 210 g/mol. The number of hydrogen-bond acceptors (Lipinski definition) is 1. The van der Waals surface area contributed by atoms with Gasteiger partial charge >= 0.3 is 0 Å². The number of rotatable bonds is 0. The van der Waals surface area contributed by atoms with Crippen LogP contribution in [0.4, 0.5) is 0 Å². The standard InChI is InChI=1S/C9H7BrO/c10-9-6-2-1-3(4(2)8(9)11)7(9)5(1)6/h1-7H. The Balaban J connectivity index is 1.94. The molecule has 0 amide bonds. The van der Waals surface area contributed by atoms with Crippen molar-refractivity contribution in [1.29, 1.82) is 0 Å². The van der Waals surface area contributed by atoms with E-state index in [0.717, 1.165) is 35.5 Å². The van der Waals surface area contributed by atoms with E-state index in [0.29, 0.717) is 11.7 Å². The van der Waals surface area contributed by atoms with Crippen LogP contribution < -0.4 is 0 Å². The highest BCUT2D eigenvalue weighted by Gasteiger charge is 2.99. The third-order valence-electron chi connectivity index (χ3n) is 5.47. The zero-order chi connectivity index (χ0) is 7.12. The molecule has 0 aliphatic heterocycles. The molecule has 0 spiro atoms. The molecule has 0 radical (unpaired) electrons. The molecule has 4 atom stereocenters. The highest BCUT2D eigenvalue weighted by atomic mass is 79.9. The second-order valence-corrected chi connectivity index (χ2v) is 6.33. The van der Waals surface area contributed by atoms with Crippen LogP contribution in [0.25, 0.3) is 0 Å². The summed E-state index contributed by atoms with van der Waals surface area (Å²) in [5.74, 6) is 6.51. The van der Waals surface area contributed by atoms with Crippen LogP contribution in [0.5, 0.6) is 0 Å². The molecule has 11 heavy (non-hydrogen) atoms. The molecule has 6 aliphatic rings. The molecule has 6 aliphatic carbocycles. The summed E-state index contributed by atoms with van der Waals surface area (Å²) in [6.45, 7) is 0. The predicted molar refractivity (Wildman–Crippen MR) is 41.1 cm³/mol. The van der Waals surface area contributed by atoms with E-state index in [-0.39, 0.29) is 4.32 Å². The first-order chi connectivity index (χ1) is 5.28. The van der Waals surface area contributed by atoms with Crippen molar-refractivity contribution in [2.24, 2.45) is 41.4 Å². The number of alkyl halides is 1. The summed E-state index contributed by atoms with van der Waals surface area (Å²) < 4.78 is 0.0480. The zero-order valence-electron chi connectivity index (χ0n) is 5.83. The Morgan fingerprint density at radius 3 is 2.09 bits per heavy atom. The van der Waals surface area contributed by atoms with E-state index in [4.69, 9.17) is 0 Å². The van der Waals surface area contributed by atoms with Crippen LogP contribution in [-0.2, 0) is 4.79 Å². The fourth-order valence-electron chi connectivity index (χ4n) is 5.37. The molecule has 0 aromatic heterocycles. The van der Waals surface area contributed by atoms with Crippen LogP contribution in [0.3, 0.4) is 0 Å². The molecule has 6 saturated carbocycles. The fourth-order valence-corrected chi connectivity index (χ4v) is 6.85. The average Bonchev–Trinajstić information content (AvgIpc) is 2.14. The number of Topliss-reactive ketones (excluding diaryl/α,β-unsaturated/α-hetero) is 1. The molecule has 1 nitrogen and oxygen atoms in total. The van der Waals surface area contributed by atoms with Gasteiger partial charge in [-0.3, -0.25) is 4.79 Å². The predicted octanol–water partition coefficient (Wildman–Crippen LogP) is 1.07. The van der Waals surface area contributed by atoms with Crippen molar-refractivity contribution in [3.05, 3.63) is 0 Å². The van der Waals surface area contributed by atoms with Crippen LogP contribution in [0, 0.1) is 41.4 Å². The zero-order valence-corrected chi connectivity index (χ0v) is 7.41. The lowest BCUT2D eigenvalue weighted by atomic mass is 9.20. The maximum atomic E-state index is 11.7. The number of carbonyl (C=O) groups is 1. The first-order valence-electron chi connectivity index (χ1n) is 4.51. The van der Waals surface area contributed by atoms with Crippen LogP contribution >= 0.6 is 15.9 Å². The molecule has 0 aromatic carbocycles. The SMILES string of the molecule is O=C1C2C3C4C2C2C4C3C12Br. The van der Waals surface area contributed by atoms with Crippen molar-refractivity contribution in [2.75, 3.05) is 0 Å². The molecule has 2 bridgehead atoms. The van der Waals surface area contributed by atoms with E-state index < -0.39 is 0 Å². The maximum absolute atomic E-state index is 11.7. The van der Waals surface area contributed by atoms with Crippen molar-refractivity contribution in [2.45, 2.75) is 4.32 Å². The summed E-state index contributed by atoms with van der Waals surface area (Å²) in [4.78, 5) is 11.7. The molecule has 4 unspecified atom stereocenters. The van der Waals surface area contributed by atoms with Gasteiger partial charge < -0.3 is 0 Å². The van der Waals surface area contributed by atoms with Gasteiger partial charge in [0, 0.05) is 5.92 Å². The van der Waals surface area contributed by atoms with Gasteiger partial charge in [0.1, 0.15) is 0 Å². The van der Waals surface area contributed by atoms with E-state index in [2.05, 4.69) is 15.9 Å². The molecule has 0 saturated heterocycles. The molecule has 6 rings (SSSR count). The number of halogens is 1. The molecule has 0 heterocycles. The lowest BCUT2D eigenvalue weighted by Gasteiger charge is -2.85. The van der Waals surface area contributed by atoms with Crippen molar-refractivity contribution in [1.82, 2.24) is 0 Å². The fraction of sp³-hybridized carbons (Fsp3) is 0.889. The average molecular weight is 211 g/mol. The molecular weight excluding hydrogens is 204 g/mol. The Morgan fingerprint density at radius 2 is 1.73 bits per heavy atom. The summed E-state index contributed by atoms with van der Waals surface area (Å²) in [5.41, 5.74) is 0. The normalized spacial score (nSPS) is 89.9. The maximum Gasteiger partial charge on any atom is 0.153 e. The second-order valence-electron chi connectivity index (χ2n) is 5.02. The van der Waals surface area contributed by atoms with Crippen LogP contribution in [0.15, 0.2) is 0 Å². The third kappa shape index (κ3) is 0.199. The Labute approximate surface area is 72.7 Å². The number of ketones is 1. The van der Waals surface area contributed by atoms with Gasteiger partial charge in [-0.1, -0.05) is 15.9 Å². The summed E-state index contributed by atoms with van der Waals surface area (Å²) in [6.07, 6.45) is 0. The molecule has 6 fully saturated rings. The molecular formula is C9H7BrO. The molecule has 0 aromatic rings. The highest BCUT2D eigenvalue weighted by Crippen LogP contribution is 2.96. The minimum absolute atomic E-state index is 0.0480. The topological polar surface area (TPSA) is 17.1 Å². The van der Waals surface area contributed by atoms with Crippen molar-refractivity contribution >= 4 is 21.7 Å². The van der Waals surface area contributed by atoms with Crippen molar-refractivity contribution in [3.63, 3.8) is 0 Å². The minimum Gasteiger partial charge on any atom is -0.298 e. The van der Waals surface area contributed by atoms with Crippen LogP contribution in [0.1, 0.15) is 0 Å². The largest absolute Gasteiger partial charge is 0.298 e.